The van der Waals surface area contributed by atoms with Crippen LogP contribution in [0.25, 0.3) is 0 Å². The van der Waals surface area contributed by atoms with E-state index in [1.807, 2.05) is 26.1 Å². The minimum absolute atomic E-state index is 0.379. The van der Waals surface area contributed by atoms with Gasteiger partial charge >= 0.3 is 0 Å². The Balaban J connectivity index is 1.68. The number of rotatable bonds is 7. The fourth-order valence-corrected chi connectivity index (χ4v) is 3.45. The van der Waals surface area contributed by atoms with Crippen molar-refractivity contribution in [1.82, 2.24) is 15.2 Å². The Labute approximate surface area is 160 Å². The molecule has 1 saturated carbocycles. The molecule has 0 saturated heterocycles. The Morgan fingerprint density at radius 3 is 2.85 bits per heavy atom. The van der Waals surface area contributed by atoms with E-state index < -0.39 is 0 Å². The smallest absolute Gasteiger partial charge is 0.194 e. The van der Waals surface area contributed by atoms with Crippen LogP contribution in [0.5, 0.6) is 5.75 Å². The lowest BCUT2D eigenvalue weighted by atomic mass is 9.96. The molecule has 0 atom stereocenters. The summed E-state index contributed by atoms with van der Waals surface area (Å²) in [6, 6.07) is 8.24. The first kappa shape index (κ1) is 18.7. The van der Waals surface area contributed by atoms with E-state index >= 15 is 0 Å². The molecule has 1 aromatic carbocycles. The third kappa shape index (κ3) is 4.97. The Morgan fingerprint density at radius 1 is 1.38 bits per heavy atom. The Bertz CT molecular complexity index is 739. The monoisotopic (exact) mass is 372 g/mol. The highest BCUT2D eigenvalue weighted by molar-refractivity contribution is 7.09. The molecule has 1 fully saturated rings. The zero-order chi connectivity index (χ0) is 18.4. The number of ether oxygens (including phenoxy) is 1. The average molecular weight is 373 g/mol. The number of para-hydroxylation sites is 1. The number of aliphatic imine (C=N–C) groups is 1. The van der Waals surface area contributed by atoms with Crippen LogP contribution in [-0.2, 0) is 13.1 Å². The summed E-state index contributed by atoms with van der Waals surface area (Å²) in [5.41, 5.74) is 2.21. The van der Waals surface area contributed by atoms with Gasteiger partial charge in [0.25, 0.3) is 0 Å². The zero-order valence-electron chi connectivity index (χ0n) is 15.9. The van der Waals surface area contributed by atoms with E-state index in [1.165, 1.54) is 6.42 Å². The van der Waals surface area contributed by atoms with Gasteiger partial charge < -0.3 is 15.0 Å². The van der Waals surface area contributed by atoms with Crippen molar-refractivity contribution in [3.05, 3.63) is 45.9 Å². The molecule has 1 aliphatic carbocycles. The second-order valence-electron chi connectivity index (χ2n) is 6.66. The lowest BCUT2D eigenvalue weighted by molar-refractivity contribution is 0.119. The number of hydrogen-bond acceptors (Lipinski definition) is 4. The molecule has 5 nitrogen and oxygen atoms in total. The van der Waals surface area contributed by atoms with Crippen molar-refractivity contribution in [3.63, 3.8) is 0 Å². The number of thiazole rings is 1. The van der Waals surface area contributed by atoms with Gasteiger partial charge in [0.05, 0.1) is 29.9 Å². The number of aromatic nitrogens is 1. The summed E-state index contributed by atoms with van der Waals surface area (Å²) < 4.78 is 6.12. The van der Waals surface area contributed by atoms with Crippen LogP contribution in [0.3, 0.4) is 0 Å². The van der Waals surface area contributed by atoms with Gasteiger partial charge in [0.2, 0.25) is 0 Å². The second-order valence-corrected chi connectivity index (χ2v) is 7.72. The standard InChI is InChI=1S/C20H28N4OS/c1-4-21-20(24(3)13-17-14-26-15(2)23-17)22-12-16-8-5-6-11-19(16)25-18-9-7-10-18/h5-6,8,11,14,18H,4,7,9-10,12-13H2,1-3H3,(H,21,22). The quantitative estimate of drug-likeness (QED) is 0.590. The second kappa shape index (κ2) is 9.03. The van der Waals surface area contributed by atoms with E-state index in [0.29, 0.717) is 12.6 Å². The number of nitrogens with zero attached hydrogens (tertiary/aromatic N) is 3. The summed E-state index contributed by atoms with van der Waals surface area (Å²) >= 11 is 1.68. The first-order valence-corrected chi connectivity index (χ1v) is 10.2. The number of nitrogens with one attached hydrogen (secondary N) is 1. The molecule has 0 radical (unpaired) electrons. The molecule has 2 aromatic rings. The summed E-state index contributed by atoms with van der Waals surface area (Å²) in [5, 5.41) is 6.58. The maximum absolute atomic E-state index is 6.12. The molecule has 3 rings (SSSR count). The van der Waals surface area contributed by atoms with Crippen molar-refractivity contribution in [2.45, 2.75) is 52.3 Å². The highest BCUT2D eigenvalue weighted by atomic mass is 32.1. The lowest BCUT2D eigenvalue weighted by Gasteiger charge is -2.27. The molecular formula is C20H28N4OS. The van der Waals surface area contributed by atoms with E-state index in [4.69, 9.17) is 9.73 Å². The summed E-state index contributed by atoms with van der Waals surface area (Å²) in [6.07, 6.45) is 3.98. The molecule has 1 aliphatic rings. The molecule has 6 heteroatoms. The number of hydrogen-bond donors (Lipinski definition) is 1. The van der Waals surface area contributed by atoms with Crippen molar-refractivity contribution >= 4 is 17.3 Å². The van der Waals surface area contributed by atoms with Crippen molar-refractivity contribution in [1.29, 1.82) is 0 Å². The zero-order valence-corrected chi connectivity index (χ0v) is 16.7. The number of aryl methyl sites for hydroxylation is 1. The maximum Gasteiger partial charge on any atom is 0.194 e. The predicted octanol–water partition coefficient (Wildman–Crippen LogP) is 3.98. The largest absolute Gasteiger partial charge is 0.490 e. The average Bonchev–Trinajstić information content (AvgIpc) is 3.00. The van der Waals surface area contributed by atoms with E-state index in [0.717, 1.165) is 53.9 Å². The minimum Gasteiger partial charge on any atom is -0.490 e. The molecule has 26 heavy (non-hydrogen) atoms. The summed E-state index contributed by atoms with van der Waals surface area (Å²) in [4.78, 5) is 11.5. The van der Waals surface area contributed by atoms with Crippen LogP contribution in [0.4, 0.5) is 0 Å². The highest BCUT2D eigenvalue weighted by Gasteiger charge is 2.20. The van der Waals surface area contributed by atoms with Crippen molar-refractivity contribution in [2.24, 2.45) is 4.99 Å². The minimum atomic E-state index is 0.379. The van der Waals surface area contributed by atoms with Gasteiger partial charge in [0.15, 0.2) is 5.96 Å². The highest BCUT2D eigenvalue weighted by Crippen LogP contribution is 2.28. The molecule has 1 heterocycles. The number of benzene rings is 1. The van der Waals surface area contributed by atoms with Crippen molar-refractivity contribution < 1.29 is 4.74 Å². The molecule has 0 unspecified atom stereocenters. The molecule has 1 aromatic heterocycles. The summed E-state index contributed by atoms with van der Waals surface area (Å²) in [7, 11) is 2.05. The van der Waals surface area contributed by atoms with Crippen LogP contribution in [0, 0.1) is 6.92 Å². The fourth-order valence-electron chi connectivity index (χ4n) is 2.85. The molecule has 0 bridgehead atoms. The van der Waals surface area contributed by atoms with E-state index in [1.54, 1.807) is 11.3 Å². The van der Waals surface area contributed by atoms with E-state index in [9.17, 15) is 0 Å². The first-order chi connectivity index (χ1) is 12.7. The van der Waals surface area contributed by atoms with Crippen molar-refractivity contribution in [3.8, 4) is 5.75 Å². The van der Waals surface area contributed by atoms with Crippen LogP contribution in [-0.4, -0.2) is 35.5 Å². The molecule has 140 valence electrons. The van der Waals surface area contributed by atoms with Crippen LogP contribution in [0.2, 0.25) is 0 Å². The molecule has 0 aliphatic heterocycles. The van der Waals surface area contributed by atoms with Gasteiger partial charge in [-0.3, -0.25) is 0 Å². The Kier molecular flexibility index (Phi) is 6.50. The van der Waals surface area contributed by atoms with Crippen LogP contribution in [0.15, 0.2) is 34.6 Å². The Hall–Kier alpha value is -2.08. The van der Waals surface area contributed by atoms with E-state index in [-0.39, 0.29) is 0 Å². The topological polar surface area (TPSA) is 49.8 Å². The first-order valence-electron chi connectivity index (χ1n) is 9.30. The van der Waals surface area contributed by atoms with Crippen molar-refractivity contribution in [2.75, 3.05) is 13.6 Å². The lowest BCUT2D eigenvalue weighted by Crippen LogP contribution is -2.38. The van der Waals surface area contributed by atoms with Gasteiger partial charge in [-0.25, -0.2) is 9.98 Å². The molecule has 0 spiro atoms. The fraction of sp³-hybridized carbons (Fsp3) is 0.500. The third-order valence-corrected chi connectivity index (χ3v) is 5.30. The normalized spacial score (nSPS) is 14.8. The van der Waals surface area contributed by atoms with Gasteiger partial charge in [-0.2, -0.15) is 0 Å². The van der Waals surface area contributed by atoms with Crippen LogP contribution >= 0.6 is 11.3 Å². The molecule has 1 N–H and O–H groups in total. The maximum atomic E-state index is 6.12. The molecule has 0 amide bonds. The summed E-state index contributed by atoms with van der Waals surface area (Å²) in [6.45, 7) is 6.30. The molecular weight excluding hydrogens is 344 g/mol. The third-order valence-electron chi connectivity index (χ3n) is 4.48. The van der Waals surface area contributed by atoms with Gasteiger partial charge in [-0.1, -0.05) is 18.2 Å². The van der Waals surface area contributed by atoms with Crippen LogP contribution in [0.1, 0.15) is 42.5 Å². The van der Waals surface area contributed by atoms with Gasteiger partial charge in [-0.05, 0) is 39.2 Å². The Morgan fingerprint density at radius 2 is 2.19 bits per heavy atom. The van der Waals surface area contributed by atoms with Gasteiger partial charge in [-0.15, -0.1) is 11.3 Å². The van der Waals surface area contributed by atoms with E-state index in [2.05, 4.69) is 39.6 Å². The van der Waals surface area contributed by atoms with Gasteiger partial charge in [0.1, 0.15) is 5.75 Å². The van der Waals surface area contributed by atoms with Crippen LogP contribution < -0.4 is 10.1 Å². The van der Waals surface area contributed by atoms with Gasteiger partial charge in [0, 0.05) is 24.5 Å². The SMILES string of the molecule is CCNC(=NCc1ccccc1OC1CCC1)N(C)Cc1csc(C)n1. The number of guanidine groups is 1. The summed E-state index contributed by atoms with van der Waals surface area (Å²) in [5.74, 6) is 1.85. The predicted molar refractivity (Wildman–Crippen MR) is 108 cm³/mol.